The molecule has 0 aromatic heterocycles. The van der Waals surface area contributed by atoms with Crippen molar-refractivity contribution in [3.05, 3.63) is 64.3 Å². The molecule has 0 bridgehead atoms. The second-order valence-corrected chi connectivity index (χ2v) is 8.72. The number of anilines is 1. The van der Waals surface area contributed by atoms with Crippen molar-refractivity contribution in [2.24, 2.45) is 5.92 Å². The van der Waals surface area contributed by atoms with Crippen LogP contribution in [0.2, 0.25) is 0 Å². The second kappa shape index (κ2) is 8.41. The molecular formula is C23H23FN2O2S. The Bertz CT molecular complexity index is 989. The quantitative estimate of drug-likeness (QED) is 0.682. The van der Waals surface area contributed by atoms with Crippen LogP contribution in [0.5, 0.6) is 0 Å². The molecular weight excluding hydrogens is 387 g/mol. The lowest BCUT2D eigenvalue weighted by atomic mass is 9.86. The maximum Gasteiger partial charge on any atom is 0.262 e. The van der Waals surface area contributed by atoms with Gasteiger partial charge in [0, 0.05) is 22.1 Å². The van der Waals surface area contributed by atoms with Gasteiger partial charge in [-0.1, -0.05) is 49.7 Å². The third-order valence-electron chi connectivity index (χ3n) is 5.55. The van der Waals surface area contributed by atoms with Gasteiger partial charge in [0.15, 0.2) is 0 Å². The predicted octanol–water partition coefficient (Wildman–Crippen LogP) is 5.22. The average molecular weight is 411 g/mol. The van der Waals surface area contributed by atoms with Crippen LogP contribution in [0, 0.1) is 11.7 Å². The Labute approximate surface area is 174 Å². The van der Waals surface area contributed by atoms with Gasteiger partial charge in [-0.3, -0.25) is 9.59 Å². The van der Waals surface area contributed by atoms with Gasteiger partial charge in [-0.05, 0) is 49.1 Å². The predicted molar refractivity (Wildman–Crippen MR) is 114 cm³/mol. The summed E-state index contributed by atoms with van der Waals surface area (Å²) in [6.07, 6.45) is 6.05. The van der Waals surface area contributed by atoms with E-state index >= 15 is 0 Å². The number of halogens is 1. The average Bonchev–Trinajstić information content (AvgIpc) is 2.71. The molecule has 2 aromatic carbocycles. The van der Waals surface area contributed by atoms with E-state index in [-0.39, 0.29) is 23.7 Å². The largest absolute Gasteiger partial charge is 0.349 e. The molecule has 1 heterocycles. The highest BCUT2D eigenvalue weighted by Crippen LogP contribution is 2.39. The first-order valence-electron chi connectivity index (χ1n) is 9.91. The molecule has 6 heteroatoms. The Morgan fingerprint density at radius 2 is 2.00 bits per heavy atom. The van der Waals surface area contributed by atoms with Crippen molar-refractivity contribution in [3.8, 4) is 0 Å². The molecule has 0 saturated heterocycles. The molecule has 4 rings (SSSR count). The molecule has 1 fully saturated rings. The number of benzene rings is 2. The summed E-state index contributed by atoms with van der Waals surface area (Å²) in [7, 11) is 0. The van der Waals surface area contributed by atoms with Crippen molar-refractivity contribution >= 4 is 35.3 Å². The lowest BCUT2D eigenvalue weighted by Crippen LogP contribution is -2.41. The topological polar surface area (TPSA) is 58.2 Å². The minimum absolute atomic E-state index is 0.113. The molecule has 0 radical (unpaired) electrons. The number of thioether (sulfide) groups is 1. The summed E-state index contributed by atoms with van der Waals surface area (Å²) in [5.74, 6) is -0.308. The zero-order valence-electron chi connectivity index (χ0n) is 16.2. The SMILES string of the molecule is C[C@H]1CCCC[C@H]1NC(=O)c1ccc2c(c1)NC(=O)/C(=C\c1ccccc1F)S2. The number of hydrogen-bond acceptors (Lipinski definition) is 3. The lowest BCUT2D eigenvalue weighted by Gasteiger charge is -2.29. The van der Waals surface area contributed by atoms with Crippen LogP contribution in [0.4, 0.5) is 10.1 Å². The lowest BCUT2D eigenvalue weighted by molar-refractivity contribution is -0.112. The van der Waals surface area contributed by atoms with Gasteiger partial charge >= 0.3 is 0 Å². The van der Waals surface area contributed by atoms with E-state index in [1.54, 1.807) is 36.4 Å². The van der Waals surface area contributed by atoms with Gasteiger partial charge in [0.25, 0.3) is 11.8 Å². The highest BCUT2D eigenvalue weighted by molar-refractivity contribution is 8.04. The molecule has 0 spiro atoms. The van der Waals surface area contributed by atoms with E-state index < -0.39 is 0 Å². The Balaban J connectivity index is 1.52. The van der Waals surface area contributed by atoms with Crippen LogP contribution in [-0.2, 0) is 4.79 Å². The van der Waals surface area contributed by atoms with Gasteiger partial charge in [0.2, 0.25) is 0 Å². The van der Waals surface area contributed by atoms with E-state index in [1.807, 2.05) is 6.07 Å². The molecule has 1 aliphatic heterocycles. The molecule has 2 N–H and O–H groups in total. The Hall–Kier alpha value is -2.60. The molecule has 1 saturated carbocycles. The van der Waals surface area contributed by atoms with Crippen molar-refractivity contribution in [2.75, 3.05) is 5.32 Å². The normalized spacial score (nSPS) is 22.7. The second-order valence-electron chi connectivity index (χ2n) is 7.64. The smallest absolute Gasteiger partial charge is 0.262 e. The summed E-state index contributed by atoms with van der Waals surface area (Å²) in [5.41, 5.74) is 1.50. The number of hydrogen-bond donors (Lipinski definition) is 2. The summed E-state index contributed by atoms with van der Waals surface area (Å²) in [5, 5.41) is 5.97. The Morgan fingerprint density at radius 1 is 1.21 bits per heavy atom. The summed E-state index contributed by atoms with van der Waals surface area (Å²) in [6.45, 7) is 2.18. The monoisotopic (exact) mass is 410 g/mol. The van der Waals surface area contributed by atoms with Crippen LogP contribution in [0.15, 0.2) is 52.3 Å². The maximum atomic E-state index is 13.9. The fourth-order valence-electron chi connectivity index (χ4n) is 3.82. The van der Waals surface area contributed by atoms with Crippen LogP contribution in [0.3, 0.4) is 0 Å². The molecule has 2 aromatic rings. The number of nitrogens with one attached hydrogen (secondary N) is 2. The van der Waals surface area contributed by atoms with Crippen LogP contribution in [-0.4, -0.2) is 17.9 Å². The van der Waals surface area contributed by atoms with Gasteiger partial charge in [0.1, 0.15) is 5.82 Å². The number of carbonyl (C=O) groups excluding carboxylic acids is 2. The number of amides is 2. The summed E-state index contributed by atoms with van der Waals surface area (Å²) in [4.78, 5) is 26.4. The summed E-state index contributed by atoms with van der Waals surface area (Å²) < 4.78 is 13.9. The first-order chi connectivity index (χ1) is 14.0. The number of fused-ring (bicyclic) bond motifs is 1. The summed E-state index contributed by atoms with van der Waals surface area (Å²) in [6, 6.07) is 11.8. The van der Waals surface area contributed by atoms with Gasteiger partial charge in [0.05, 0.1) is 10.6 Å². The fraction of sp³-hybridized carbons (Fsp3) is 0.304. The van der Waals surface area contributed by atoms with E-state index in [1.165, 1.54) is 24.2 Å². The van der Waals surface area contributed by atoms with Crippen molar-refractivity contribution in [2.45, 2.75) is 43.5 Å². The molecule has 1 aliphatic carbocycles. The zero-order valence-corrected chi connectivity index (χ0v) is 17.0. The van der Waals surface area contributed by atoms with Crippen molar-refractivity contribution in [1.82, 2.24) is 5.32 Å². The first kappa shape index (κ1) is 19.7. The molecule has 29 heavy (non-hydrogen) atoms. The van der Waals surface area contributed by atoms with Gasteiger partial charge in [-0.25, -0.2) is 4.39 Å². The van der Waals surface area contributed by atoms with E-state index in [9.17, 15) is 14.0 Å². The van der Waals surface area contributed by atoms with E-state index in [2.05, 4.69) is 17.6 Å². The Kier molecular flexibility index (Phi) is 5.72. The highest BCUT2D eigenvalue weighted by atomic mass is 32.2. The third kappa shape index (κ3) is 4.37. The third-order valence-corrected chi connectivity index (χ3v) is 6.65. The van der Waals surface area contributed by atoms with Crippen LogP contribution >= 0.6 is 11.8 Å². The molecule has 150 valence electrons. The molecule has 0 unspecified atom stereocenters. The number of carbonyl (C=O) groups is 2. The van der Waals surface area contributed by atoms with Crippen molar-refractivity contribution in [1.29, 1.82) is 0 Å². The minimum Gasteiger partial charge on any atom is -0.349 e. The van der Waals surface area contributed by atoms with Crippen molar-refractivity contribution < 1.29 is 14.0 Å². The van der Waals surface area contributed by atoms with Gasteiger partial charge < -0.3 is 10.6 Å². The highest BCUT2D eigenvalue weighted by Gasteiger charge is 2.25. The zero-order chi connectivity index (χ0) is 20.4. The van der Waals surface area contributed by atoms with Crippen LogP contribution in [0.25, 0.3) is 6.08 Å². The van der Waals surface area contributed by atoms with Crippen LogP contribution in [0.1, 0.15) is 48.5 Å². The molecule has 2 amide bonds. The van der Waals surface area contributed by atoms with Gasteiger partial charge in [-0.15, -0.1) is 0 Å². The minimum atomic E-state index is -0.372. The Morgan fingerprint density at radius 3 is 2.79 bits per heavy atom. The van der Waals surface area contributed by atoms with E-state index in [4.69, 9.17) is 0 Å². The van der Waals surface area contributed by atoms with E-state index in [0.717, 1.165) is 24.2 Å². The number of rotatable bonds is 3. The fourth-order valence-corrected chi connectivity index (χ4v) is 4.74. The molecule has 2 atom stereocenters. The first-order valence-corrected chi connectivity index (χ1v) is 10.7. The maximum absolute atomic E-state index is 13.9. The van der Waals surface area contributed by atoms with Crippen molar-refractivity contribution in [3.63, 3.8) is 0 Å². The van der Waals surface area contributed by atoms with E-state index in [0.29, 0.717) is 27.6 Å². The van der Waals surface area contributed by atoms with Gasteiger partial charge in [-0.2, -0.15) is 0 Å². The molecule has 2 aliphatic rings. The summed E-state index contributed by atoms with van der Waals surface area (Å²) >= 11 is 1.28. The molecule has 4 nitrogen and oxygen atoms in total. The standard InChI is InChI=1S/C23H23FN2O2S/c1-14-6-2-5-9-18(14)25-22(27)16-10-11-20-19(12-16)26-23(28)21(29-20)13-15-7-3-4-8-17(15)24/h3-4,7-8,10-14,18H,2,5-6,9H2,1H3,(H,25,27)(H,26,28)/b21-13+/t14-,18+/m0/s1. The van der Waals surface area contributed by atoms with Crippen LogP contribution < -0.4 is 10.6 Å².